The number of benzene rings is 2. The number of fused-ring (bicyclic) bond motifs is 1. The molecule has 0 spiro atoms. The largest absolute Gasteiger partial charge is 0.486 e. The summed E-state index contributed by atoms with van der Waals surface area (Å²) in [5.74, 6) is -0.163. The van der Waals surface area contributed by atoms with E-state index in [1.165, 1.54) is 24.3 Å². The minimum absolute atomic E-state index is 0.0191. The number of carbonyl (C=O) groups excluding carboxylic acids is 2. The molecular weight excluding hydrogens is 315 g/mol. The first-order chi connectivity index (χ1) is 11.6. The second-order valence-corrected chi connectivity index (χ2v) is 5.25. The van der Waals surface area contributed by atoms with Crippen LogP contribution in [-0.2, 0) is 16.0 Å². The van der Waals surface area contributed by atoms with Gasteiger partial charge in [-0.3, -0.25) is 9.59 Å². The van der Waals surface area contributed by atoms with Crippen molar-refractivity contribution in [3.8, 4) is 11.5 Å². The minimum Gasteiger partial charge on any atom is -0.486 e. The molecule has 0 unspecified atom stereocenters. The highest BCUT2D eigenvalue weighted by molar-refractivity contribution is 5.98. The van der Waals surface area contributed by atoms with Gasteiger partial charge >= 0.3 is 5.97 Å². The quantitative estimate of drug-likeness (QED) is 0.623. The summed E-state index contributed by atoms with van der Waals surface area (Å²) >= 11 is 0. The van der Waals surface area contributed by atoms with E-state index in [0.717, 1.165) is 0 Å². The van der Waals surface area contributed by atoms with Crippen LogP contribution in [0.3, 0.4) is 0 Å². The van der Waals surface area contributed by atoms with Gasteiger partial charge in [-0.1, -0.05) is 12.1 Å². The molecule has 124 valence electrons. The molecule has 0 aromatic heterocycles. The third kappa shape index (κ3) is 3.90. The Morgan fingerprint density at radius 3 is 2.46 bits per heavy atom. The highest BCUT2D eigenvalue weighted by Gasteiger charge is 2.16. The van der Waals surface area contributed by atoms with Crippen molar-refractivity contribution in [1.82, 2.24) is 0 Å². The number of hydrogen-bond donors (Lipinski definition) is 0. The summed E-state index contributed by atoms with van der Waals surface area (Å²) in [5.41, 5.74) is 1.00. The van der Waals surface area contributed by atoms with Gasteiger partial charge in [0.05, 0.1) is 6.42 Å². The lowest BCUT2D eigenvalue weighted by Gasteiger charge is -2.18. The summed E-state index contributed by atoms with van der Waals surface area (Å²) in [6.07, 6.45) is -0.0191. The average Bonchev–Trinajstić information content (AvgIpc) is 2.61. The maximum absolute atomic E-state index is 12.8. The summed E-state index contributed by atoms with van der Waals surface area (Å²) in [4.78, 5) is 23.9. The first-order valence-corrected chi connectivity index (χ1v) is 7.45. The summed E-state index contributed by atoms with van der Waals surface area (Å²) in [7, 11) is 0. The molecule has 0 saturated heterocycles. The van der Waals surface area contributed by atoms with E-state index in [0.29, 0.717) is 35.8 Å². The van der Waals surface area contributed by atoms with Gasteiger partial charge in [0.2, 0.25) is 0 Å². The molecule has 0 radical (unpaired) electrons. The van der Waals surface area contributed by atoms with Crippen molar-refractivity contribution in [2.24, 2.45) is 0 Å². The zero-order valence-electron chi connectivity index (χ0n) is 12.8. The third-order valence-electron chi connectivity index (χ3n) is 3.49. The number of rotatable bonds is 5. The highest BCUT2D eigenvalue weighted by Crippen LogP contribution is 2.30. The van der Waals surface area contributed by atoms with E-state index in [2.05, 4.69) is 0 Å². The van der Waals surface area contributed by atoms with Crippen LogP contribution in [0.25, 0.3) is 0 Å². The van der Waals surface area contributed by atoms with Gasteiger partial charge in [0.1, 0.15) is 19.0 Å². The smallest absolute Gasteiger partial charge is 0.310 e. The molecule has 5 nitrogen and oxygen atoms in total. The van der Waals surface area contributed by atoms with Crippen LogP contribution >= 0.6 is 0 Å². The van der Waals surface area contributed by atoms with Gasteiger partial charge in [-0.2, -0.15) is 0 Å². The molecule has 1 heterocycles. The number of ketones is 1. The van der Waals surface area contributed by atoms with Crippen LogP contribution in [0.5, 0.6) is 11.5 Å². The first-order valence-electron chi connectivity index (χ1n) is 7.45. The Hall–Kier alpha value is -2.89. The lowest BCUT2D eigenvalue weighted by Crippen LogP contribution is -2.18. The Bertz CT molecular complexity index is 755. The average molecular weight is 330 g/mol. The normalized spacial score (nSPS) is 12.5. The molecule has 1 aliphatic heterocycles. The second-order valence-electron chi connectivity index (χ2n) is 5.25. The van der Waals surface area contributed by atoms with Gasteiger partial charge in [0.25, 0.3) is 0 Å². The van der Waals surface area contributed by atoms with E-state index < -0.39 is 5.97 Å². The van der Waals surface area contributed by atoms with Crippen molar-refractivity contribution in [2.75, 3.05) is 19.8 Å². The van der Waals surface area contributed by atoms with Crippen LogP contribution in [-0.4, -0.2) is 31.6 Å². The Morgan fingerprint density at radius 2 is 1.71 bits per heavy atom. The van der Waals surface area contributed by atoms with Crippen molar-refractivity contribution in [3.63, 3.8) is 0 Å². The second kappa shape index (κ2) is 7.12. The topological polar surface area (TPSA) is 61.8 Å². The molecule has 3 rings (SSSR count). The van der Waals surface area contributed by atoms with Gasteiger partial charge in [-0.25, -0.2) is 4.39 Å². The van der Waals surface area contributed by atoms with E-state index in [1.54, 1.807) is 18.2 Å². The molecule has 24 heavy (non-hydrogen) atoms. The first kappa shape index (κ1) is 16.0. The van der Waals surface area contributed by atoms with Crippen molar-refractivity contribution >= 4 is 11.8 Å². The molecule has 2 aromatic carbocycles. The maximum atomic E-state index is 12.8. The molecule has 2 aromatic rings. The van der Waals surface area contributed by atoms with Crippen molar-refractivity contribution < 1.29 is 28.2 Å². The van der Waals surface area contributed by atoms with Gasteiger partial charge < -0.3 is 14.2 Å². The monoisotopic (exact) mass is 330 g/mol. The summed E-state index contributed by atoms with van der Waals surface area (Å²) in [6.45, 7) is 0.540. The fraction of sp³-hybridized carbons (Fsp3) is 0.222. The molecule has 0 amide bonds. The molecule has 0 atom stereocenters. The van der Waals surface area contributed by atoms with Crippen LogP contribution in [0.4, 0.5) is 4.39 Å². The van der Waals surface area contributed by atoms with Crippen LogP contribution in [0, 0.1) is 5.82 Å². The fourth-order valence-electron chi connectivity index (χ4n) is 2.27. The number of halogens is 1. The Labute approximate surface area is 138 Å². The van der Waals surface area contributed by atoms with E-state index in [9.17, 15) is 14.0 Å². The lowest BCUT2D eigenvalue weighted by molar-refractivity contribution is -0.141. The summed E-state index contributed by atoms with van der Waals surface area (Å²) in [5, 5.41) is 0. The Morgan fingerprint density at radius 1 is 1.00 bits per heavy atom. The zero-order chi connectivity index (χ0) is 16.9. The number of hydrogen-bond acceptors (Lipinski definition) is 5. The molecule has 0 saturated carbocycles. The Kier molecular flexibility index (Phi) is 4.74. The van der Waals surface area contributed by atoms with Crippen LogP contribution in [0.2, 0.25) is 0 Å². The number of ether oxygens (including phenoxy) is 3. The number of Topliss-reactive ketones (excluding diaryl/α,β-unsaturated/α-hetero) is 1. The summed E-state index contributed by atoms with van der Waals surface area (Å²) in [6, 6.07) is 10.4. The lowest BCUT2D eigenvalue weighted by atomic mass is 10.1. The van der Waals surface area contributed by atoms with Crippen molar-refractivity contribution in [1.29, 1.82) is 0 Å². The van der Waals surface area contributed by atoms with Crippen LogP contribution in [0.1, 0.15) is 15.9 Å². The minimum atomic E-state index is -0.549. The van der Waals surface area contributed by atoms with E-state index in [4.69, 9.17) is 14.2 Å². The predicted octanol–water partition coefficient (Wildman–Crippen LogP) is 2.57. The van der Waals surface area contributed by atoms with E-state index >= 15 is 0 Å². The van der Waals surface area contributed by atoms with Crippen LogP contribution in [0.15, 0.2) is 42.5 Å². The molecule has 0 bridgehead atoms. The van der Waals surface area contributed by atoms with Crippen molar-refractivity contribution in [2.45, 2.75) is 6.42 Å². The van der Waals surface area contributed by atoms with Crippen molar-refractivity contribution in [3.05, 3.63) is 59.4 Å². The molecular formula is C18H15FO5. The molecule has 0 N–H and O–H groups in total. The highest BCUT2D eigenvalue weighted by atomic mass is 19.1. The van der Waals surface area contributed by atoms with Gasteiger partial charge in [0, 0.05) is 5.56 Å². The molecule has 1 aliphatic rings. The van der Waals surface area contributed by atoms with Gasteiger partial charge in [-0.05, 0) is 35.9 Å². The number of carbonyl (C=O) groups is 2. The molecule has 0 aliphatic carbocycles. The molecule has 6 heteroatoms. The zero-order valence-corrected chi connectivity index (χ0v) is 12.8. The third-order valence-corrected chi connectivity index (χ3v) is 3.49. The summed E-state index contributed by atoms with van der Waals surface area (Å²) < 4.78 is 28.6. The molecule has 0 fully saturated rings. The SMILES string of the molecule is O=C(Cc1ccc(F)cc1)OCC(=O)c1ccc2c(c1)OCCO2. The van der Waals surface area contributed by atoms with E-state index in [1.807, 2.05) is 0 Å². The predicted molar refractivity (Wildman–Crippen MR) is 82.8 cm³/mol. The van der Waals surface area contributed by atoms with Gasteiger partial charge in [0.15, 0.2) is 23.9 Å². The Balaban J connectivity index is 1.55. The maximum Gasteiger partial charge on any atom is 0.310 e. The van der Waals surface area contributed by atoms with Crippen LogP contribution < -0.4 is 9.47 Å². The van der Waals surface area contributed by atoms with Gasteiger partial charge in [-0.15, -0.1) is 0 Å². The number of esters is 1. The standard InChI is InChI=1S/C18H15FO5/c19-14-4-1-12(2-5-14)9-18(21)24-11-15(20)13-3-6-16-17(10-13)23-8-7-22-16/h1-6,10H,7-9,11H2. The van der Waals surface area contributed by atoms with E-state index in [-0.39, 0.29) is 24.6 Å². The fourth-order valence-corrected chi connectivity index (χ4v) is 2.27.